The molecule has 0 amide bonds. The summed E-state index contributed by atoms with van der Waals surface area (Å²) in [5.41, 5.74) is 5.99. The summed E-state index contributed by atoms with van der Waals surface area (Å²) in [6.45, 7) is 0.802. The highest BCUT2D eigenvalue weighted by Gasteiger charge is 2.23. The van der Waals surface area contributed by atoms with Crippen molar-refractivity contribution in [3.05, 3.63) is 22.7 Å². The van der Waals surface area contributed by atoms with Gasteiger partial charge in [-0.1, -0.05) is 11.6 Å². The molecular formula is C13H18ClNO3. The second-order valence-corrected chi connectivity index (χ2v) is 4.94. The minimum atomic E-state index is -0.788. The first-order chi connectivity index (χ1) is 8.65. The van der Waals surface area contributed by atoms with Gasteiger partial charge in [-0.25, -0.2) is 0 Å². The van der Waals surface area contributed by atoms with Crippen LogP contribution in [-0.4, -0.2) is 25.4 Å². The van der Waals surface area contributed by atoms with E-state index in [1.54, 1.807) is 19.2 Å². The van der Waals surface area contributed by atoms with Crippen LogP contribution in [0.25, 0.3) is 0 Å². The van der Waals surface area contributed by atoms with Crippen molar-refractivity contribution in [2.45, 2.75) is 18.9 Å². The molecule has 100 valence electrons. The monoisotopic (exact) mass is 271 g/mol. The lowest BCUT2D eigenvalue weighted by Crippen LogP contribution is -2.12. The highest BCUT2D eigenvalue weighted by molar-refractivity contribution is 6.31. The Hall–Kier alpha value is -0.970. The molecule has 0 heterocycles. The maximum absolute atomic E-state index is 9.74. The van der Waals surface area contributed by atoms with E-state index in [2.05, 4.69) is 0 Å². The number of aliphatic hydroxyl groups is 1. The molecule has 0 saturated heterocycles. The first kappa shape index (κ1) is 13.5. The van der Waals surface area contributed by atoms with Gasteiger partial charge in [0, 0.05) is 18.2 Å². The maximum Gasteiger partial charge on any atom is 0.162 e. The molecule has 0 aliphatic heterocycles. The molecule has 0 radical (unpaired) electrons. The lowest BCUT2D eigenvalue weighted by Gasteiger charge is -2.16. The van der Waals surface area contributed by atoms with E-state index in [1.807, 2.05) is 0 Å². The van der Waals surface area contributed by atoms with Gasteiger partial charge in [-0.15, -0.1) is 0 Å². The van der Waals surface area contributed by atoms with Crippen LogP contribution >= 0.6 is 11.6 Å². The van der Waals surface area contributed by atoms with Crippen LogP contribution in [0.3, 0.4) is 0 Å². The van der Waals surface area contributed by atoms with Crippen molar-refractivity contribution in [3.8, 4) is 11.5 Å². The highest BCUT2D eigenvalue weighted by Crippen LogP contribution is 2.37. The molecule has 1 aromatic carbocycles. The zero-order valence-electron chi connectivity index (χ0n) is 10.4. The van der Waals surface area contributed by atoms with E-state index in [9.17, 15) is 5.11 Å². The minimum Gasteiger partial charge on any atom is -0.493 e. The topological polar surface area (TPSA) is 64.7 Å². The number of aliphatic hydroxyl groups excluding tert-OH is 1. The lowest BCUT2D eigenvalue weighted by molar-refractivity contribution is 0.186. The van der Waals surface area contributed by atoms with Crippen LogP contribution in [0.2, 0.25) is 5.02 Å². The maximum atomic E-state index is 9.74. The van der Waals surface area contributed by atoms with Crippen LogP contribution in [0.15, 0.2) is 12.1 Å². The molecule has 18 heavy (non-hydrogen) atoms. The van der Waals surface area contributed by atoms with Crippen molar-refractivity contribution >= 4 is 11.6 Å². The van der Waals surface area contributed by atoms with E-state index in [4.69, 9.17) is 26.8 Å². The first-order valence-corrected chi connectivity index (χ1v) is 6.41. The molecule has 1 aliphatic rings. The summed E-state index contributed by atoms with van der Waals surface area (Å²) in [6, 6.07) is 3.36. The van der Waals surface area contributed by atoms with E-state index in [0.717, 1.165) is 0 Å². The Labute approximate surface area is 112 Å². The first-order valence-electron chi connectivity index (χ1n) is 6.04. The number of ether oxygens (including phenoxy) is 2. The average Bonchev–Trinajstić information content (AvgIpc) is 3.19. The van der Waals surface area contributed by atoms with Crippen molar-refractivity contribution in [1.82, 2.24) is 0 Å². The fourth-order valence-electron chi connectivity index (χ4n) is 1.70. The molecule has 1 aromatic rings. The molecule has 1 atom stereocenters. The third kappa shape index (κ3) is 3.07. The second-order valence-electron chi connectivity index (χ2n) is 4.53. The number of benzene rings is 1. The molecule has 1 unspecified atom stereocenters. The molecule has 5 heteroatoms. The standard InChI is InChI=1S/C13H18ClNO3/c1-17-12-4-9(11(16)6-15)10(14)5-13(12)18-7-8-2-3-8/h4-5,8,11,16H,2-3,6-7,15H2,1H3. The fraction of sp³-hybridized carbons (Fsp3) is 0.538. The lowest BCUT2D eigenvalue weighted by atomic mass is 10.1. The van der Waals surface area contributed by atoms with Crippen molar-refractivity contribution < 1.29 is 14.6 Å². The van der Waals surface area contributed by atoms with E-state index in [-0.39, 0.29) is 6.54 Å². The van der Waals surface area contributed by atoms with Crippen LogP contribution in [0.1, 0.15) is 24.5 Å². The number of halogens is 1. The SMILES string of the molecule is COc1cc(C(O)CN)c(Cl)cc1OCC1CC1. The zero-order valence-corrected chi connectivity index (χ0v) is 11.1. The summed E-state index contributed by atoms with van der Waals surface area (Å²) in [6.07, 6.45) is 1.66. The van der Waals surface area contributed by atoms with E-state index in [0.29, 0.717) is 34.6 Å². The molecular weight excluding hydrogens is 254 g/mol. The fourth-order valence-corrected chi connectivity index (χ4v) is 1.98. The Bertz CT molecular complexity index is 421. The Morgan fingerprint density at radius 2 is 2.17 bits per heavy atom. The van der Waals surface area contributed by atoms with Gasteiger partial charge in [0.15, 0.2) is 11.5 Å². The molecule has 1 fully saturated rings. The summed E-state index contributed by atoms with van der Waals surface area (Å²) in [5.74, 6) is 1.84. The molecule has 2 rings (SSSR count). The molecule has 0 bridgehead atoms. The summed E-state index contributed by atoms with van der Waals surface area (Å²) >= 11 is 6.11. The summed E-state index contributed by atoms with van der Waals surface area (Å²) in [7, 11) is 1.56. The Morgan fingerprint density at radius 3 is 2.72 bits per heavy atom. The van der Waals surface area contributed by atoms with E-state index < -0.39 is 6.10 Å². The van der Waals surface area contributed by atoms with Gasteiger partial charge in [-0.05, 0) is 24.8 Å². The normalized spacial score (nSPS) is 16.4. The minimum absolute atomic E-state index is 0.116. The quantitative estimate of drug-likeness (QED) is 0.832. The smallest absolute Gasteiger partial charge is 0.162 e. The summed E-state index contributed by atoms with van der Waals surface area (Å²) in [5, 5.41) is 10.2. The van der Waals surface area contributed by atoms with Crippen LogP contribution < -0.4 is 15.2 Å². The van der Waals surface area contributed by atoms with Gasteiger partial charge in [0.05, 0.1) is 24.8 Å². The van der Waals surface area contributed by atoms with Crippen molar-refractivity contribution in [2.24, 2.45) is 11.7 Å². The highest BCUT2D eigenvalue weighted by atomic mass is 35.5. The molecule has 1 aliphatic carbocycles. The van der Waals surface area contributed by atoms with E-state index in [1.165, 1.54) is 12.8 Å². The Kier molecular flexibility index (Phi) is 4.32. The number of methoxy groups -OCH3 is 1. The van der Waals surface area contributed by atoms with Crippen molar-refractivity contribution in [1.29, 1.82) is 0 Å². The van der Waals surface area contributed by atoms with Crippen LogP contribution in [0.4, 0.5) is 0 Å². The largest absolute Gasteiger partial charge is 0.493 e. The zero-order chi connectivity index (χ0) is 13.1. The number of rotatable bonds is 6. The van der Waals surface area contributed by atoms with Gasteiger partial charge in [0.1, 0.15) is 0 Å². The molecule has 1 saturated carbocycles. The molecule has 4 nitrogen and oxygen atoms in total. The molecule has 0 spiro atoms. The van der Waals surface area contributed by atoms with Crippen LogP contribution in [0.5, 0.6) is 11.5 Å². The Morgan fingerprint density at radius 1 is 1.44 bits per heavy atom. The van der Waals surface area contributed by atoms with Crippen molar-refractivity contribution in [2.75, 3.05) is 20.3 Å². The van der Waals surface area contributed by atoms with Gasteiger partial charge >= 0.3 is 0 Å². The summed E-state index contributed by atoms with van der Waals surface area (Å²) < 4.78 is 10.9. The number of hydrogen-bond donors (Lipinski definition) is 2. The Balaban J connectivity index is 2.20. The van der Waals surface area contributed by atoms with Gasteiger partial charge in [-0.2, -0.15) is 0 Å². The number of nitrogens with two attached hydrogens (primary N) is 1. The van der Waals surface area contributed by atoms with Gasteiger partial charge in [-0.3, -0.25) is 0 Å². The van der Waals surface area contributed by atoms with Crippen LogP contribution in [0, 0.1) is 5.92 Å². The van der Waals surface area contributed by atoms with Gasteiger partial charge in [0.2, 0.25) is 0 Å². The third-order valence-electron chi connectivity index (χ3n) is 3.04. The predicted molar refractivity (Wildman–Crippen MR) is 70.2 cm³/mol. The van der Waals surface area contributed by atoms with Crippen molar-refractivity contribution in [3.63, 3.8) is 0 Å². The number of hydrogen-bond acceptors (Lipinski definition) is 4. The predicted octanol–water partition coefficient (Wildman–Crippen LogP) is 2.13. The summed E-state index contributed by atoms with van der Waals surface area (Å²) in [4.78, 5) is 0. The second kappa shape index (κ2) is 5.78. The molecule has 0 aromatic heterocycles. The molecule has 3 N–H and O–H groups in total. The van der Waals surface area contributed by atoms with Gasteiger partial charge in [0.25, 0.3) is 0 Å². The average molecular weight is 272 g/mol. The third-order valence-corrected chi connectivity index (χ3v) is 3.36. The van der Waals surface area contributed by atoms with E-state index >= 15 is 0 Å². The van der Waals surface area contributed by atoms with Gasteiger partial charge < -0.3 is 20.3 Å². The van der Waals surface area contributed by atoms with Crippen LogP contribution in [-0.2, 0) is 0 Å².